The first-order chi connectivity index (χ1) is 8.69. The largest absolute Gasteiger partial charge is 0.324 e. The second-order valence-corrected chi connectivity index (χ2v) is 3.90. The molecule has 92 valence electrons. The van der Waals surface area contributed by atoms with Crippen LogP contribution >= 0.6 is 0 Å². The van der Waals surface area contributed by atoms with Crippen molar-refractivity contribution in [1.82, 2.24) is 4.98 Å². The second-order valence-electron chi connectivity index (χ2n) is 3.90. The van der Waals surface area contributed by atoms with Gasteiger partial charge in [0.05, 0.1) is 5.69 Å². The van der Waals surface area contributed by atoms with Crippen LogP contribution in [-0.4, -0.2) is 10.9 Å². The summed E-state index contributed by atoms with van der Waals surface area (Å²) in [6, 6.07) is 10.8. The number of nitrogens with two attached hydrogens (primary N) is 1. The zero-order valence-corrected chi connectivity index (χ0v) is 9.97. The number of nitrogen functional groups attached to an aromatic ring is 1. The fourth-order valence-corrected chi connectivity index (χ4v) is 1.56. The van der Waals surface area contributed by atoms with Crippen LogP contribution in [0.4, 0.5) is 11.4 Å². The Kier molecular flexibility index (Phi) is 3.54. The first kappa shape index (κ1) is 12.1. The fourth-order valence-electron chi connectivity index (χ4n) is 1.56. The molecule has 2 rings (SSSR count). The molecule has 0 radical (unpaired) electrons. The number of amides is 1. The van der Waals surface area contributed by atoms with E-state index in [1.807, 2.05) is 31.2 Å². The molecule has 0 unspecified atom stereocenters. The molecule has 0 saturated carbocycles. The lowest BCUT2D eigenvalue weighted by atomic mass is 10.2. The smallest absolute Gasteiger partial charge is 0.274 e. The van der Waals surface area contributed by atoms with E-state index in [-0.39, 0.29) is 5.91 Å². The molecule has 1 heterocycles. The summed E-state index contributed by atoms with van der Waals surface area (Å²) in [5.41, 5.74) is 5.25. The molecule has 0 atom stereocenters. The number of aryl methyl sites for hydroxylation is 1. The topological polar surface area (TPSA) is 80.0 Å². The Hall–Kier alpha value is -2.40. The molecule has 0 aliphatic heterocycles. The second kappa shape index (κ2) is 5.29. The molecular weight excluding hydrogens is 228 g/mol. The van der Waals surface area contributed by atoms with E-state index < -0.39 is 0 Å². The van der Waals surface area contributed by atoms with Gasteiger partial charge in [0.25, 0.3) is 5.91 Å². The molecule has 0 spiro atoms. The van der Waals surface area contributed by atoms with Gasteiger partial charge in [-0.2, -0.15) is 0 Å². The highest BCUT2D eigenvalue weighted by molar-refractivity contribution is 6.03. The third kappa shape index (κ3) is 2.83. The lowest BCUT2D eigenvalue weighted by Gasteiger charge is -2.06. The number of pyridine rings is 1. The van der Waals surface area contributed by atoms with Crippen molar-refractivity contribution >= 4 is 17.3 Å². The van der Waals surface area contributed by atoms with Crippen molar-refractivity contribution in [1.29, 1.82) is 0 Å². The highest BCUT2D eigenvalue weighted by atomic mass is 16.1. The lowest BCUT2D eigenvalue weighted by Crippen LogP contribution is -2.15. The number of hydrazine groups is 1. The molecule has 0 aliphatic carbocycles. The van der Waals surface area contributed by atoms with Crippen LogP contribution in [0.3, 0.4) is 0 Å². The maximum atomic E-state index is 12.0. The van der Waals surface area contributed by atoms with E-state index in [4.69, 9.17) is 5.84 Å². The number of anilines is 2. The minimum atomic E-state index is -0.266. The maximum absolute atomic E-state index is 12.0. The third-order valence-corrected chi connectivity index (χ3v) is 2.44. The quantitative estimate of drug-likeness (QED) is 0.567. The molecule has 0 bridgehead atoms. The van der Waals surface area contributed by atoms with Crippen LogP contribution in [0, 0.1) is 6.92 Å². The van der Waals surface area contributed by atoms with Crippen molar-refractivity contribution in [2.24, 2.45) is 5.84 Å². The molecule has 0 saturated heterocycles. The molecule has 1 aromatic heterocycles. The Morgan fingerprint density at radius 1 is 1.22 bits per heavy atom. The van der Waals surface area contributed by atoms with Gasteiger partial charge < -0.3 is 10.7 Å². The summed E-state index contributed by atoms with van der Waals surface area (Å²) < 4.78 is 0. The van der Waals surface area contributed by atoms with Crippen molar-refractivity contribution in [3.05, 3.63) is 53.9 Å². The molecule has 1 aromatic carbocycles. The number of hydrogen-bond donors (Lipinski definition) is 3. The number of nitrogens with one attached hydrogen (secondary N) is 2. The summed E-state index contributed by atoms with van der Waals surface area (Å²) in [7, 11) is 0. The zero-order chi connectivity index (χ0) is 13.0. The average Bonchev–Trinajstić information content (AvgIpc) is 2.39. The minimum absolute atomic E-state index is 0.266. The summed E-state index contributed by atoms with van der Waals surface area (Å²) in [6.45, 7) is 1.97. The van der Waals surface area contributed by atoms with Crippen LogP contribution in [-0.2, 0) is 0 Å². The normalized spacial score (nSPS) is 9.89. The molecule has 0 fully saturated rings. The zero-order valence-electron chi connectivity index (χ0n) is 9.97. The Balaban J connectivity index is 2.16. The van der Waals surface area contributed by atoms with Crippen LogP contribution in [0.1, 0.15) is 16.1 Å². The van der Waals surface area contributed by atoms with E-state index in [0.29, 0.717) is 11.4 Å². The summed E-state index contributed by atoms with van der Waals surface area (Å²) in [5.74, 6) is 5.02. The number of aromatic nitrogens is 1. The SMILES string of the molecule is Cc1cccc(NC(=O)c2cc(NN)ccn2)c1. The molecule has 0 aliphatic rings. The monoisotopic (exact) mass is 242 g/mol. The van der Waals surface area contributed by atoms with Gasteiger partial charge in [-0.1, -0.05) is 12.1 Å². The van der Waals surface area contributed by atoms with E-state index in [2.05, 4.69) is 15.7 Å². The Labute approximate surface area is 105 Å². The van der Waals surface area contributed by atoms with Gasteiger partial charge >= 0.3 is 0 Å². The average molecular weight is 242 g/mol. The standard InChI is InChI=1S/C13H14N4O/c1-9-3-2-4-10(7-9)16-13(18)12-8-11(17-14)5-6-15-12/h2-8H,14H2,1H3,(H,15,17)(H,16,18). The lowest BCUT2D eigenvalue weighted by molar-refractivity contribution is 0.102. The van der Waals surface area contributed by atoms with Crippen LogP contribution in [0.15, 0.2) is 42.6 Å². The van der Waals surface area contributed by atoms with Gasteiger partial charge in [-0.05, 0) is 36.8 Å². The van der Waals surface area contributed by atoms with Crippen LogP contribution < -0.4 is 16.6 Å². The maximum Gasteiger partial charge on any atom is 0.274 e. The van der Waals surface area contributed by atoms with E-state index in [1.54, 1.807) is 12.1 Å². The van der Waals surface area contributed by atoms with E-state index >= 15 is 0 Å². The van der Waals surface area contributed by atoms with Crippen molar-refractivity contribution in [3.8, 4) is 0 Å². The number of carbonyl (C=O) groups is 1. The van der Waals surface area contributed by atoms with E-state index in [9.17, 15) is 4.79 Å². The van der Waals surface area contributed by atoms with Crippen molar-refractivity contribution in [3.63, 3.8) is 0 Å². The summed E-state index contributed by atoms with van der Waals surface area (Å²) >= 11 is 0. The number of benzene rings is 1. The summed E-state index contributed by atoms with van der Waals surface area (Å²) in [6.07, 6.45) is 1.53. The summed E-state index contributed by atoms with van der Waals surface area (Å²) in [4.78, 5) is 15.9. The highest BCUT2D eigenvalue weighted by Crippen LogP contribution is 2.12. The minimum Gasteiger partial charge on any atom is -0.324 e. The number of hydrogen-bond acceptors (Lipinski definition) is 4. The van der Waals surface area contributed by atoms with Gasteiger partial charge in [-0.3, -0.25) is 15.6 Å². The van der Waals surface area contributed by atoms with Gasteiger partial charge in [0.2, 0.25) is 0 Å². The van der Waals surface area contributed by atoms with Crippen LogP contribution in [0.5, 0.6) is 0 Å². The molecule has 2 aromatic rings. The Morgan fingerprint density at radius 3 is 2.78 bits per heavy atom. The Morgan fingerprint density at radius 2 is 2.06 bits per heavy atom. The van der Waals surface area contributed by atoms with E-state index in [1.165, 1.54) is 6.20 Å². The highest BCUT2D eigenvalue weighted by Gasteiger charge is 2.08. The molecular formula is C13H14N4O. The molecule has 18 heavy (non-hydrogen) atoms. The van der Waals surface area contributed by atoms with Gasteiger partial charge in [0, 0.05) is 11.9 Å². The number of nitrogens with zero attached hydrogens (tertiary/aromatic N) is 1. The third-order valence-electron chi connectivity index (χ3n) is 2.44. The Bertz CT molecular complexity index is 568. The summed E-state index contributed by atoms with van der Waals surface area (Å²) in [5, 5.41) is 2.78. The predicted octanol–water partition coefficient (Wildman–Crippen LogP) is 1.93. The molecule has 5 nitrogen and oxygen atoms in total. The number of carbonyl (C=O) groups excluding carboxylic acids is 1. The van der Waals surface area contributed by atoms with Gasteiger partial charge in [0.15, 0.2) is 0 Å². The van der Waals surface area contributed by atoms with Crippen LogP contribution in [0.2, 0.25) is 0 Å². The fraction of sp³-hybridized carbons (Fsp3) is 0.0769. The number of rotatable bonds is 3. The van der Waals surface area contributed by atoms with Gasteiger partial charge in [0.1, 0.15) is 5.69 Å². The first-order valence-electron chi connectivity index (χ1n) is 5.50. The molecule has 5 heteroatoms. The first-order valence-corrected chi connectivity index (χ1v) is 5.50. The van der Waals surface area contributed by atoms with Crippen molar-refractivity contribution < 1.29 is 4.79 Å². The molecule has 4 N–H and O–H groups in total. The van der Waals surface area contributed by atoms with Crippen molar-refractivity contribution in [2.45, 2.75) is 6.92 Å². The van der Waals surface area contributed by atoms with Gasteiger partial charge in [-0.25, -0.2) is 0 Å². The van der Waals surface area contributed by atoms with E-state index in [0.717, 1.165) is 11.3 Å². The molecule has 1 amide bonds. The van der Waals surface area contributed by atoms with Crippen molar-refractivity contribution in [2.75, 3.05) is 10.7 Å². The van der Waals surface area contributed by atoms with Gasteiger partial charge in [-0.15, -0.1) is 0 Å². The predicted molar refractivity (Wildman–Crippen MR) is 71.2 cm³/mol. The van der Waals surface area contributed by atoms with Crippen LogP contribution in [0.25, 0.3) is 0 Å².